The largest absolute Gasteiger partial charge is 0.486 e. The van der Waals surface area contributed by atoms with E-state index in [-0.39, 0.29) is 6.10 Å². The Kier molecular flexibility index (Phi) is 2.27. The van der Waals surface area contributed by atoms with Gasteiger partial charge in [0.1, 0.15) is 18.1 Å². The topological polar surface area (TPSA) is 35.5 Å². The Balaban J connectivity index is 2.00. The summed E-state index contributed by atoms with van der Waals surface area (Å²) < 4.78 is 10.5. The van der Waals surface area contributed by atoms with Crippen LogP contribution in [-0.4, -0.2) is 25.6 Å². The van der Waals surface area contributed by atoms with Gasteiger partial charge in [-0.25, -0.2) is 0 Å². The molecule has 1 saturated heterocycles. The zero-order chi connectivity index (χ0) is 9.10. The fraction of sp³-hybridized carbons (Fsp3) is 0.300. The van der Waals surface area contributed by atoms with E-state index in [1.807, 2.05) is 0 Å². The van der Waals surface area contributed by atoms with Gasteiger partial charge in [-0.2, -0.15) is 0 Å². The lowest BCUT2D eigenvalue weighted by atomic mass is 10.2. The van der Waals surface area contributed by atoms with E-state index < -0.39 is 0 Å². The molecule has 68 valence electrons. The second kappa shape index (κ2) is 3.58. The Morgan fingerprint density at radius 3 is 2.46 bits per heavy atom. The molecule has 1 heterocycles. The van der Waals surface area contributed by atoms with Crippen LogP contribution in [0.2, 0.25) is 0 Å². The molecule has 1 aliphatic heterocycles. The molecule has 0 spiro atoms. The third kappa shape index (κ3) is 1.87. The number of rotatable bonds is 3. The molecule has 1 fully saturated rings. The molecule has 13 heavy (non-hydrogen) atoms. The minimum atomic E-state index is 0.182. The molecule has 0 amide bonds. The lowest BCUT2D eigenvalue weighted by Crippen LogP contribution is -2.38. The predicted octanol–water partition coefficient (Wildman–Crippen LogP) is 1.28. The second-order valence-corrected chi connectivity index (χ2v) is 2.96. The highest BCUT2D eigenvalue weighted by atomic mass is 16.6. The molecular formula is C10H10O3. The summed E-state index contributed by atoms with van der Waals surface area (Å²) in [4.78, 5) is 10.3. The minimum Gasteiger partial charge on any atom is -0.486 e. The van der Waals surface area contributed by atoms with Crippen LogP contribution in [0.1, 0.15) is 10.4 Å². The van der Waals surface area contributed by atoms with Crippen LogP contribution in [0.25, 0.3) is 0 Å². The first-order chi connectivity index (χ1) is 6.38. The molecule has 1 aromatic rings. The Hall–Kier alpha value is -1.35. The Morgan fingerprint density at radius 1 is 1.31 bits per heavy atom. The monoisotopic (exact) mass is 178 g/mol. The Morgan fingerprint density at radius 2 is 2.00 bits per heavy atom. The van der Waals surface area contributed by atoms with Gasteiger partial charge in [0.15, 0.2) is 0 Å². The van der Waals surface area contributed by atoms with Gasteiger partial charge >= 0.3 is 0 Å². The summed E-state index contributed by atoms with van der Waals surface area (Å²) in [7, 11) is 0. The molecule has 1 aromatic carbocycles. The number of aldehydes is 1. The number of ether oxygens (including phenoxy) is 2. The van der Waals surface area contributed by atoms with E-state index in [0.717, 1.165) is 12.0 Å². The van der Waals surface area contributed by atoms with Gasteiger partial charge in [0.2, 0.25) is 0 Å². The van der Waals surface area contributed by atoms with Gasteiger partial charge in [-0.3, -0.25) is 4.79 Å². The molecular weight excluding hydrogens is 168 g/mol. The van der Waals surface area contributed by atoms with Crippen molar-refractivity contribution in [2.45, 2.75) is 6.10 Å². The quantitative estimate of drug-likeness (QED) is 0.654. The minimum absolute atomic E-state index is 0.182. The zero-order valence-electron chi connectivity index (χ0n) is 7.10. The van der Waals surface area contributed by atoms with Crippen LogP contribution in [0.3, 0.4) is 0 Å². The van der Waals surface area contributed by atoms with E-state index in [1.165, 1.54) is 0 Å². The maximum absolute atomic E-state index is 10.3. The van der Waals surface area contributed by atoms with E-state index in [0.29, 0.717) is 18.8 Å². The number of hydrogen-bond donors (Lipinski definition) is 0. The summed E-state index contributed by atoms with van der Waals surface area (Å²) >= 11 is 0. The smallest absolute Gasteiger partial charge is 0.150 e. The molecule has 3 nitrogen and oxygen atoms in total. The molecule has 2 rings (SSSR count). The first-order valence-electron chi connectivity index (χ1n) is 4.18. The molecule has 3 heteroatoms. The first-order valence-corrected chi connectivity index (χ1v) is 4.18. The van der Waals surface area contributed by atoms with E-state index >= 15 is 0 Å². The maximum Gasteiger partial charge on any atom is 0.150 e. The second-order valence-electron chi connectivity index (χ2n) is 2.96. The van der Waals surface area contributed by atoms with Crippen molar-refractivity contribution in [1.29, 1.82) is 0 Å². The van der Waals surface area contributed by atoms with Gasteiger partial charge in [0.25, 0.3) is 0 Å². The summed E-state index contributed by atoms with van der Waals surface area (Å²) in [5.41, 5.74) is 0.664. The maximum atomic E-state index is 10.3. The van der Waals surface area contributed by atoms with Gasteiger partial charge < -0.3 is 9.47 Å². The summed E-state index contributed by atoms with van der Waals surface area (Å²) in [5, 5.41) is 0. The number of carbonyl (C=O) groups is 1. The van der Waals surface area contributed by atoms with Gasteiger partial charge in [-0.15, -0.1) is 0 Å². The lowest BCUT2D eigenvalue weighted by Gasteiger charge is -2.26. The van der Waals surface area contributed by atoms with Crippen LogP contribution in [0.5, 0.6) is 5.75 Å². The van der Waals surface area contributed by atoms with Gasteiger partial charge in [-0.05, 0) is 24.3 Å². The van der Waals surface area contributed by atoms with Crippen LogP contribution < -0.4 is 4.74 Å². The third-order valence-electron chi connectivity index (χ3n) is 1.93. The molecule has 0 bridgehead atoms. The van der Waals surface area contributed by atoms with Crippen molar-refractivity contribution in [3.63, 3.8) is 0 Å². The zero-order valence-corrected chi connectivity index (χ0v) is 7.10. The number of carbonyl (C=O) groups excluding carboxylic acids is 1. The molecule has 0 atom stereocenters. The summed E-state index contributed by atoms with van der Waals surface area (Å²) in [6.07, 6.45) is 0.998. The standard InChI is InChI=1S/C10H10O3/c11-5-8-1-3-9(4-2-8)13-10-6-12-7-10/h1-5,10H,6-7H2. The van der Waals surface area contributed by atoms with Crippen molar-refractivity contribution in [2.24, 2.45) is 0 Å². The van der Waals surface area contributed by atoms with Crippen molar-refractivity contribution >= 4 is 6.29 Å². The van der Waals surface area contributed by atoms with Crippen molar-refractivity contribution in [1.82, 2.24) is 0 Å². The summed E-state index contributed by atoms with van der Waals surface area (Å²) in [6.45, 7) is 1.32. The van der Waals surface area contributed by atoms with Crippen LogP contribution >= 0.6 is 0 Å². The SMILES string of the molecule is O=Cc1ccc(OC2COC2)cc1. The normalized spacial score (nSPS) is 16.3. The average molecular weight is 178 g/mol. The van der Waals surface area contributed by atoms with Crippen LogP contribution in [0.4, 0.5) is 0 Å². The van der Waals surface area contributed by atoms with Crippen molar-refractivity contribution in [3.8, 4) is 5.75 Å². The first kappa shape index (κ1) is 8.26. The molecule has 1 aliphatic rings. The van der Waals surface area contributed by atoms with Crippen molar-refractivity contribution in [2.75, 3.05) is 13.2 Å². The van der Waals surface area contributed by atoms with Gasteiger partial charge in [-0.1, -0.05) is 0 Å². The highest BCUT2D eigenvalue weighted by molar-refractivity contribution is 5.74. The molecule has 0 aliphatic carbocycles. The summed E-state index contributed by atoms with van der Waals surface area (Å²) in [5.74, 6) is 0.791. The highest BCUT2D eigenvalue weighted by Gasteiger charge is 2.19. The van der Waals surface area contributed by atoms with Crippen LogP contribution in [0.15, 0.2) is 24.3 Å². The van der Waals surface area contributed by atoms with E-state index in [9.17, 15) is 4.79 Å². The predicted molar refractivity (Wildman–Crippen MR) is 47.1 cm³/mol. The lowest BCUT2D eigenvalue weighted by molar-refractivity contribution is -0.0796. The number of benzene rings is 1. The average Bonchev–Trinajstić information content (AvgIpc) is 2.12. The van der Waals surface area contributed by atoms with Gasteiger partial charge in [0, 0.05) is 5.56 Å². The molecule has 0 saturated carbocycles. The van der Waals surface area contributed by atoms with Crippen molar-refractivity contribution < 1.29 is 14.3 Å². The Labute approximate surface area is 76.3 Å². The van der Waals surface area contributed by atoms with Crippen LogP contribution in [0, 0.1) is 0 Å². The number of hydrogen-bond acceptors (Lipinski definition) is 3. The summed E-state index contributed by atoms with van der Waals surface area (Å²) in [6, 6.07) is 7.06. The molecule has 0 radical (unpaired) electrons. The van der Waals surface area contributed by atoms with Gasteiger partial charge in [0.05, 0.1) is 13.2 Å². The van der Waals surface area contributed by atoms with Crippen LogP contribution in [-0.2, 0) is 4.74 Å². The molecule has 0 N–H and O–H groups in total. The fourth-order valence-corrected chi connectivity index (χ4v) is 1.10. The fourth-order valence-electron chi connectivity index (χ4n) is 1.10. The van der Waals surface area contributed by atoms with E-state index in [2.05, 4.69) is 0 Å². The Bertz CT molecular complexity index is 288. The molecule has 0 unspecified atom stereocenters. The van der Waals surface area contributed by atoms with Crippen molar-refractivity contribution in [3.05, 3.63) is 29.8 Å². The molecule has 0 aromatic heterocycles. The third-order valence-corrected chi connectivity index (χ3v) is 1.93. The van der Waals surface area contributed by atoms with E-state index in [4.69, 9.17) is 9.47 Å². The van der Waals surface area contributed by atoms with E-state index in [1.54, 1.807) is 24.3 Å². The highest BCUT2D eigenvalue weighted by Crippen LogP contribution is 2.15.